The van der Waals surface area contributed by atoms with Crippen LogP contribution in [0.1, 0.15) is 5.56 Å². The van der Waals surface area contributed by atoms with Crippen LogP contribution in [0, 0.1) is 0 Å². The van der Waals surface area contributed by atoms with Gasteiger partial charge in [0.05, 0.1) is 11.7 Å². The van der Waals surface area contributed by atoms with Crippen LogP contribution in [0.5, 0.6) is 0 Å². The third-order valence-electron chi connectivity index (χ3n) is 3.80. The van der Waals surface area contributed by atoms with Crippen molar-refractivity contribution in [1.29, 1.82) is 0 Å². The Morgan fingerprint density at radius 2 is 1.81 bits per heavy atom. The van der Waals surface area contributed by atoms with Gasteiger partial charge < -0.3 is 5.32 Å². The standard InChI is InChI=1S/C18H15N3/c1-2-7-17-13(4-1)5-3-6-14(17)11-19-16-8-9-18-15(10-16)12-20-21-18/h1-10,12,19H,11H2,(H,20,21). The van der Waals surface area contributed by atoms with Crippen LogP contribution in [-0.2, 0) is 6.54 Å². The van der Waals surface area contributed by atoms with Gasteiger partial charge in [0, 0.05) is 17.6 Å². The maximum absolute atomic E-state index is 4.05. The van der Waals surface area contributed by atoms with Gasteiger partial charge >= 0.3 is 0 Å². The van der Waals surface area contributed by atoms with Gasteiger partial charge in [-0.2, -0.15) is 5.10 Å². The molecule has 3 heteroatoms. The molecule has 0 amide bonds. The number of rotatable bonds is 3. The van der Waals surface area contributed by atoms with Crippen molar-refractivity contribution in [2.45, 2.75) is 6.54 Å². The van der Waals surface area contributed by atoms with Gasteiger partial charge in [-0.15, -0.1) is 0 Å². The molecule has 0 saturated carbocycles. The first-order valence-corrected chi connectivity index (χ1v) is 7.04. The van der Waals surface area contributed by atoms with Gasteiger partial charge in [0.25, 0.3) is 0 Å². The fraction of sp³-hybridized carbons (Fsp3) is 0.0556. The molecule has 0 aliphatic carbocycles. The van der Waals surface area contributed by atoms with Crippen molar-refractivity contribution in [3.05, 3.63) is 72.4 Å². The van der Waals surface area contributed by atoms with E-state index in [-0.39, 0.29) is 0 Å². The van der Waals surface area contributed by atoms with E-state index in [0.717, 1.165) is 23.1 Å². The van der Waals surface area contributed by atoms with Gasteiger partial charge in [-0.05, 0) is 34.5 Å². The third kappa shape index (κ3) is 2.23. The Morgan fingerprint density at radius 3 is 2.81 bits per heavy atom. The second-order valence-electron chi connectivity index (χ2n) is 5.16. The summed E-state index contributed by atoms with van der Waals surface area (Å²) in [6, 6.07) is 21.2. The minimum Gasteiger partial charge on any atom is -0.381 e. The summed E-state index contributed by atoms with van der Waals surface area (Å²) in [4.78, 5) is 0. The Kier molecular flexibility index (Phi) is 2.82. The molecule has 0 spiro atoms. The number of benzene rings is 3. The lowest BCUT2D eigenvalue weighted by atomic mass is 10.0. The van der Waals surface area contributed by atoms with Crippen molar-refractivity contribution in [2.24, 2.45) is 0 Å². The SMILES string of the molecule is c1ccc2c(CNc3ccc4[nH]ncc4c3)cccc2c1. The molecule has 1 aromatic heterocycles. The van der Waals surface area contributed by atoms with Crippen molar-refractivity contribution < 1.29 is 0 Å². The molecule has 4 rings (SSSR count). The normalized spacial score (nSPS) is 11.0. The highest BCUT2D eigenvalue weighted by molar-refractivity contribution is 5.86. The molecule has 2 N–H and O–H groups in total. The Morgan fingerprint density at radius 1 is 0.905 bits per heavy atom. The molecule has 0 aliphatic heterocycles. The highest BCUT2D eigenvalue weighted by Crippen LogP contribution is 2.21. The summed E-state index contributed by atoms with van der Waals surface area (Å²) in [6.45, 7) is 0.810. The van der Waals surface area contributed by atoms with E-state index in [1.165, 1.54) is 16.3 Å². The molecule has 0 aliphatic rings. The van der Waals surface area contributed by atoms with Gasteiger partial charge in [0.1, 0.15) is 0 Å². The zero-order chi connectivity index (χ0) is 14.1. The zero-order valence-corrected chi connectivity index (χ0v) is 11.5. The highest BCUT2D eigenvalue weighted by atomic mass is 15.1. The second kappa shape index (κ2) is 4.94. The van der Waals surface area contributed by atoms with E-state index >= 15 is 0 Å². The zero-order valence-electron chi connectivity index (χ0n) is 11.5. The van der Waals surface area contributed by atoms with Crippen LogP contribution in [-0.4, -0.2) is 10.2 Å². The number of nitrogens with zero attached hydrogens (tertiary/aromatic N) is 1. The molecule has 0 fully saturated rings. The lowest BCUT2D eigenvalue weighted by Crippen LogP contribution is -1.99. The van der Waals surface area contributed by atoms with Gasteiger partial charge in [-0.1, -0.05) is 42.5 Å². The number of hydrogen-bond acceptors (Lipinski definition) is 2. The quantitative estimate of drug-likeness (QED) is 0.583. The summed E-state index contributed by atoms with van der Waals surface area (Å²) in [7, 11) is 0. The monoisotopic (exact) mass is 273 g/mol. The van der Waals surface area contributed by atoms with E-state index in [0.29, 0.717) is 0 Å². The van der Waals surface area contributed by atoms with Crippen molar-refractivity contribution in [2.75, 3.05) is 5.32 Å². The second-order valence-corrected chi connectivity index (χ2v) is 5.16. The van der Waals surface area contributed by atoms with Gasteiger partial charge in [-0.3, -0.25) is 5.10 Å². The van der Waals surface area contributed by atoms with Crippen LogP contribution in [0.2, 0.25) is 0 Å². The van der Waals surface area contributed by atoms with Crippen LogP contribution in [0.15, 0.2) is 66.9 Å². The van der Waals surface area contributed by atoms with Crippen LogP contribution in [0.25, 0.3) is 21.7 Å². The average molecular weight is 273 g/mol. The molecule has 102 valence electrons. The number of fused-ring (bicyclic) bond motifs is 2. The molecule has 21 heavy (non-hydrogen) atoms. The summed E-state index contributed by atoms with van der Waals surface area (Å²) in [6.07, 6.45) is 1.85. The van der Waals surface area contributed by atoms with Crippen molar-refractivity contribution >= 4 is 27.4 Å². The summed E-state index contributed by atoms with van der Waals surface area (Å²) >= 11 is 0. The predicted octanol–water partition coefficient (Wildman–Crippen LogP) is 4.33. The molecule has 3 aromatic carbocycles. The Bertz CT molecular complexity index is 903. The van der Waals surface area contributed by atoms with Crippen molar-refractivity contribution in [3.63, 3.8) is 0 Å². The number of aromatic nitrogens is 2. The maximum Gasteiger partial charge on any atom is 0.0651 e. The molecule has 4 aromatic rings. The number of H-pyrrole nitrogens is 1. The van der Waals surface area contributed by atoms with E-state index < -0.39 is 0 Å². The molecule has 0 radical (unpaired) electrons. The van der Waals surface area contributed by atoms with Gasteiger partial charge in [0.15, 0.2) is 0 Å². The first-order chi connectivity index (χ1) is 10.4. The van der Waals surface area contributed by atoms with Crippen LogP contribution in [0.3, 0.4) is 0 Å². The van der Waals surface area contributed by atoms with Gasteiger partial charge in [0.2, 0.25) is 0 Å². The Hall–Kier alpha value is -2.81. The molecule has 3 nitrogen and oxygen atoms in total. The molecule has 0 atom stereocenters. The van der Waals surface area contributed by atoms with E-state index in [4.69, 9.17) is 0 Å². The van der Waals surface area contributed by atoms with Crippen LogP contribution < -0.4 is 5.32 Å². The van der Waals surface area contributed by atoms with Crippen molar-refractivity contribution in [1.82, 2.24) is 10.2 Å². The van der Waals surface area contributed by atoms with E-state index in [2.05, 4.69) is 70.1 Å². The van der Waals surface area contributed by atoms with Gasteiger partial charge in [-0.25, -0.2) is 0 Å². The van der Waals surface area contributed by atoms with E-state index in [1.807, 2.05) is 12.3 Å². The topological polar surface area (TPSA) is 40.7 Å². The summed E-state index contributed by atoms with van der Waals surface area (Å²) in [5, 5.41) is 14.2. The lowest BCUT2D eigenvalue weighted by Gasteiger charge is -2.09. The van der Waals surface area contributed by atoms with Crippen LogP contribution in [0.4, 0.5) is 5.69 Å². The largest absolute Gasteiger partial charge is 0.381 e. The highest BCUT2D eigenvalue weighted by Gasteiger charge is 2.01. The molecular formula is C18H15N3. The molecular weight excluding hydrogens is 258 g/mol. The van der Waals surface area contributed by atoms with Crippen LogP contribution >= 0.6 is 0 Å². The first kappa shape index (κ1) is 12.0. The molecule has 1 heterocycles. The van der Waals surface area contributed by atoms with E-state index in [1.54, 1.807) is 0 Å². The summed E-state index contributed by atoms with van der Waals surface area (Å²) in [5.41, 5.74) is 3.47. The van der Waals surface area contributed by atoms with E-state index in [9.17, 15) is 0 Å². The van der Waals surface area contributed by atoms with Crippen molar-refractivity contribution in [3.8, 4) is 0 Å². The third-order valence-corrected chi connectivity index (χ3v) is 3.80. The fourth-order valence-electron chi connectivity index (χ4n) is 2.70. The first-order valence-electron chi connectivity index (χ1n) is 7.04. The number of anilines is 1. The molecule has 0 unspecified atom stereocenters. The predicted molar refractivity (Wildman–Crippen MR) is 87.4 cm³/mol. The lowest BCUT2D eigenvalue weighted by molar-refractivity contribution is 1.12. The minimum absolute atomic E-state index is 0.810. The average Bonchev–Trinajstić information content (AvgIpc) is 3.00. The fourth-order valence-corrected chi connectivity index (χ4v) is 2.70. The smallest absolute Gasteiger partial charge is 0.0651 e. The summed E-state index contributed by atoms with van der Waals surface area (Å²) < 4.78 is 0. The maximum atomic E-state index is 4.05. The Balaban J connectivity index is 1.63. The number of aromatic amines is 1. The minimum atomic E-state index is 0.810. The number of hydrogen-bond donors (Lipinski definition) is 2. The Labute approximate surface area is 122 Å². The molecule has 0 bridgehead atoms. The number of nitrogens with one attached hydrogen (secondary N) is 2. The summed E-state index contributed by atoms with van der Waals surface area (Å²) in [5.74, 6) is 0. The molecule has 0 saturated heterocycles.